The molecule has 0 aromatic rings. The Balaban J connectivity index is 1.79. The van der Waals surface area contributed by atoms with Gasteiger partial charge in [-0.3, -0.25) is 4.90 Å². The van der Waals surface area contributed by atoms with Gasteiger partial charge in [-0.2, -0.15) is 0 Å². The summed E-state index contributed by atoms with van der Waals surface area (Å²) in [6.07, 6.45) is 3.87. The van der Waals surface area contributed by atoms with Crippen LogP contribution < -0.4 is 5.73 Å². The van der Waals surface area contributed by atoms with Crippen molar-refractivity contribution in [2.24, 2.45) is 11.7 Å². The third kappa shape index (κ3) is 2.22. The molecule has 13 heavy (non-hydrogen) atoms. The third-order valence-electron chi connectivity index (χ3n) is 3.29. The maximum absolute atomic E-state index is 5.73. The molecular weight excluding hydrogens is 164 g/mol. The minimum Gasteiger partial charge on any atom is -0.381 e. The Labute approximate surface area is 80.2 Å². The molecule has 2 heterocycles. The highest BCUT2D eigenvalue weighted by Crippen LogP contribution is 2.21. The van der Waals surface area contributed by atoms with Gasteiger partial charge in [0.05, 0.1) is 6.61 Å². The maximum atomic E-state index is 5.73. The van der Waals surface area contributed by atoms with Gasteiger partial charge in [-0.05, 0) is 31.7 Å². The lowest BCUT2D eigenvalue weighted by Crippen LogP contribution is -2.38. The second-order valence-electron chi connectivity index (χ2n) is 4.26. The van der Waals surface area contributed by atoms with Crippen molar-refractivity contribution >= 4 is 0 Å². The molecule has 3 nitrogen and oxygen atoms in total. The monoisotopic (exact) mass is 184 g/mol. The first-order chi connectivity index (χ1) is 6.40. The summed E-state index contributed by atoms with van der Waals surface area (Å²) >= 11 is 0. The Morgan fingerprint density at radius 2 is 2.31 bits per heavy atom. The maximum Gasteiger partial charge on any atom is 0.0507 e. The molecule has 0 amide bonds. The van der Waals surface area contributed by atoms with Crippen molar-refractivity contribution in [2.75, 3.05) is 32.8 Å². The molecule has 0 spiro atoms. The third-order valence-corrected chi connectivity index (χ3v) is 3.29. The van der Waals surface area contributed by atoms with Gasteiger partial charge in [0.1, 0.15) is 0 Å². The lowest BCUT2D eigenvalue weighted by molar-refractivity contribution is 0.163. The van der Waals surface area contributed by atoms with Crippen LogP contribution in [0.15, 0.2) is 0 Å². The zero-order valence-corrected chi connectivity index (χ0v) is 8.24. The largest absolute Gasteiger partial charge is 0.381 e. The summed E-state index contributed by atoms with van der Waals surface area (Å²) in [5.41, 5.74) is 5.73. The van der Waals surface area contributed by atoms with E-state index < -0.39 is 0 Å². The van der Waals surface area contributed by atoms with Gasteiger partial charge in [-0.15, -0.1) is 0 Å². The molecule has 2 N–H and O–H groups in total. The van der Waals surface area contributed by atoms with Crippen LogP contribution in [0.3, 0.4) is 0 Å². The smallest absolute Gasteiger partial charge is 0.0507 e. The molecule has 1 unspecified atom stereocenters. The van der Waals surface area contributed by atoms with E-state index >= 15 is 0 Å². The molecule has 2 rings (SSSR count). The van der Waals surface area contributed by atoms with E-state index in [2.05, 4.69) is 4.90 Å². The summed E-state index contributed by atoms with van der Waals surface area (Å²) in [7, 11) is 0. The molecule has 76 valence electrons. The van der Waals surface area contributed by atoms with Crippen LogP contribution >= 0.6 is 0 Å². The van der Waals surface area contributed by atoms with Gasteiger partial charge < -0.3 is 10.5 Å². The van der Waals surface area contributed by atoms with E-state index in [1.165, 1.54) is 32.4 Å². The SMILES string of the molecule is NC[C@H]1CCCN1CC1CCOC1. The zero-order valence-electron chi connectivity index (χ0n) is 8.24. The van der Waals surface area contributed by atoms with Crippen molar-refractivity contribution in [1.29, 1.82) is 0 Å². The first kappa shape index (κ1) is 9.44. The average molecular weight is 184 g/mol. The van der Waals surface area contributed by atoms with Gasteiger partial charge in [-0.25, -0.2) is 0 Å². The predicted molar refractivity (Wildman–Crippen MR) is 52.6 cm³/mol. The molecule has 3 heteroatoms. The number of ether oxygens (including phenoxy) is 1. The van der Waals surface area contributed by atoms with E-state index in [0.29, 0.717) is 6.04 Å². The first-order valence-electron chi connectivity index (χ1n) is 5.42. The van der Waals surface area contributed by atoms with Crippen LogP contribution in [0.2, 0.25) is 0 Å². The summed E-state index contributed by atoms with van der Waals surface area (Å²) in [6, 6.07) is 0.653. The normalized spacial score (nSPS) is 35.8. The van der Waals surface area contributed by atoms with Crippen LogP contribution in [0, 0.1) is 5.92 Å². The number of hydrogen-bond donors (Lipinski definition) is 1. The first-order valence-corrected chi connectivity index (χ1v) is 5.42. The predicted octanol–water partition coefficient (Wildman–Crippen LogP) is 0.446. The number of rotatable bonds is 3. The minimum absolute atomic E-state index is 0.653. The number of nitrogens with zero attached hydrogens (tertiary/aromatic N) is 1. The molecule has 2 aliphatic heterocycles. The van der Waals surface area contributed by atoms with Crippen molar-refractivity contribution in [3.63, 3.8) is 0 Å². The Bertz CT molecular complexity index is 157. The highest BCUT2D eigenvalue weighted by atomic mass is 16.5. The highest BCUT2D eigenvalue weighted by Gasteiger charge is 2.27. The summed E-state index contributed by atoms with van der Waals surface area (Å²) in [4.78, 5) is 2.55. The fourth-order valence-electron chi connectivity index (χ4n) is 2.46. The van der Waals surface area contributed by atoms with Crippen LogP contribution in [0.25, 0.3) is 0 Å². The standard InChI is InChI=1S/C10H20N2O/c11-6-10-2-1-4-12(10)7-9-3-5-13-8-9/h9-10H,1-8,11H2/t9?,10-/m1/s1. The zero-order chi connectivity index (χ0) is 9.10. The molecule has 0 radical (unpaired) electrons. The quantitative estimate of drug-likeness (QED) is 0.692. The number of nitrogens with two attached hydrogens (primary N) is 1. The van der Waals surface area contributed by atoms with Gasteiger partial charge >= 0.3 is 0 Å². The van der Waals surface area contributed by atoms with E-state index in [0.717, 1.165) is 25.7 Å². The topological polar surface area (TPSA) is 38.5 Å². The van der Waals surface area contributed by atoms with Crippen molar-refractivity contribution in [1.82, 2.24) is 4.90 Å². The molecule has 0 aliphatic carbocycles. The van der Waals surface area contributed by atoms with E-state index in [1.807, 2.05) is 0 Å². The highest BCUT2D eigenvalue weighted by molar-refractivity contribution is 4.82. The van der Waals surface area contributed by atoms with Crippen LogP contribution in [0.5, 0.6) is 0 Å². The van der Waals surface area contributed by atoms with Crippen LogP contribution in [0.4, 0.5) is 0 Å². The lowest BCUT2D eigenvalue weighted by atomic mass is 10.1. The Hall–Kier alpha value is -0.120. The molecule has 0 aromatic heterocycles. The summed E-state index contributed by atoms with van der Waals surface area (Å²) < 4.78 is 5.38. The Morgan fingerprint density at radius 3 is 3.00 bits per heavy atom. The summed E-state index contributed by atoms with van der Waals surface area (Å²) in [5, 5.41) is 0. The summed E-state index contributed by atoms with van der Waals surface area (Å²) in [5.74, 6) is 0.771. The second-order valence-corrected chi connectivity index (χ2v) is 4.26. The van der Waals surface area contributed by atoms with E-state index in [1.54, 1.807) is 0 Å². The van der Waals surface area contributed by atoms with Gasteiger partial charge in [0.2, 0.25) is 0 Å². The number of hydrogen-bond acceptors (Lipinski definition) is 3. The number of likely N-dealkylation sites (tertiary alicyclic amines) is 1. The summed E-state index contributed by atoms with van der Waals surface area (Å²) in [6.45, 7) is 5.22. The van der Waals surface area contributed by atoms with E-state index in [-0.39, 0.29) is 0 Å². The lowest BCUT2D eigenvalue weighted by Gasteiger charge is -2.25. The van der Waals surface area contributed by atoms with Gasteiger partial charge in [0.25, 0.3) is 0 Å². The molecular formula is C10H20N2O. The Morgan fingerprint density at radius 1 is 1.38 bits per heavy atom. The van der Waals surface area contributed by atoms with Crippen molar-refractivity contribution in [2.45, 2.75) is 25.3 Å². The molecule has 2 aliphatic rings. The fourth-order valence-corrected chi connectivity index (χ4v) is 2.46. The van der Waals surface area contributed by atoms with E-state index in [4.69, 9.17) is 10.5 Å². The van der Waals surface area contributed by atoms with E-state index in [9.17, 15) is 0 Å². The average Bonchev–Trinajstić information content (AvgIpc) is 2.76. The molecule has 0 aromatic carbocycles. The second kappa shape index (κ2) is 4.40. The molecule has 2 atom stereocenters. The van der Waals surface area contributed by atoms with Crippen LogP contribution in [-0.4, -0.2) is 43.8 Å². The molecule has 2 fully saturated rings. The van der Waals surface area contributed by atoms with Gasteiger partial charge in [0.15, 0.2) is 0 Å². The minimum atomic E-state index is 0.653. The van der Waals surface area contributed by atoms with Crippen LogP contribution in [-0.2, 0) is 4.74 Å². The van der Waals surface area contributed by atoms with Gasteiger partial charge in [0, 0.05) is 25.7 Å². The molecule has 0 bridgehead atoms. The van der Waals surface area contributed by atoms with Crippen molar-refractivity contribution in [3.05, 3.63) is 0 Å². The fraction of sp³-hybridized carbons (Fsp3) is 1.00. The van der Waals surface area contributed by atoms with Crippen molar-refractivity contribution in [3.8, 4) is 0 Å². The van der Waals surface area contributed by atoms with Crippen LogP contribution in [0.1, 0.15) is 19.3 Å². The molecule has 2 saturated heterocycles. The Kier molecular flexibility index (Phi) is 3.19. The van der Waals surface area contributed by atoms with Gasteiger partial charge in [-0.1, -0.05) is 0 Å². The molecule has 0 saturated carbocycles. The van der Waals surface area contributed by atoms with Crippen molar-refractivity contribution < 1.29 is 4.74 Å².